The number of halogens is 3. The maximum atomic E-state index is 13.9. The van der Waals surface area contributed by atoms with E-state index in [0.717, 1.165) is 18.4 Å². The number of hydrogen-bond donors (Lipinski definition) is 1. The number of nitrogens with one attached hydrogen (secondary N) is 1. The second-order valence-electron chi connectivity index (χ2n) is 8.91. The Morgan fingerprint density at radius 3 is 2.53 bits per heavy atom. The van der Waals surface area contributed by atoms with Crippen LogP contribution in [0.1, 0.15) is 24.0 Å². The molecule has 1 N–H and O–H groups in total. The zero-order valence-electron chi connectivity index (χ0n) is 17.0. The van der Waals surface area contributed by atoms with Crippen LogP contribution < -0.4 is 10.2 Å². The van der Waals surface area contributed by atoms with Crippen LogP contribution in [0, 0.1) is 18.8 Å². The molecule has 0 radical (unpaired) electrons. The van der Waals surface area contributed by atoms with E-state index in [2.05, 4.69) is 10.2 Å². The van der Waals surface area contributed by atoms with Crippen LogP contribution in [-0.4, -0.2) is 35.2 Å². The molecule has 3 amide bonds. The molecule has 3 fully saturated rings. The molecule has 4 aliphatic heterocycles. The number of aryl methyl sites for hydroxylation is 1. The quantitative estimate of drug-likeness (QED) is 0.602. The molecular formula is C23H18Cl3N3O3. The van der Waals surface area contributed by atoms with E-state index in [0.29, 0.717) is 33.5 Å². The van der Waals surface area contributed by atoms with Crippen molar-refractivity contribution >= 4 is 63.9 Å². The van der Waals surface area contributed by atoms with E-state index in [1.165, 1.54) is 11.0 Å². The summed E-state index contributed by atoms with van der Waals surface area (Å²) in [5, 5.41) is 3.95. The second-order valence-corrected chi connectivity index (χ2v) is 10.1. The first-order valence-corrected chi connectivity index (χ1v) is 11.6. The maximum Gasteiger partial charge on any atom is 0.250 e. The molecule has 3 saturated heterocycles. The predicted octanol–water partition coefficient (Wildman–Crippen LogP) is 4.39. The number of nitrogens with zero attached hydrogens (tertiary/aromatic N) is 2. The number of imide groups is 1. The van der Waals surface area contributed by atoms with Gasteiger partial charge in [0.15, 0.2) is 0 Å². The smallest absolute Gasteiger partial charge is 0.250 e. The van der Waals surface area contributed by atoms with Crippen LogP contribution >= 0.6 is 34.8 Å². The fraction of sp³-hybridized carbons (Fsp3) is 0.348. The number of amides is 3. The summed E-state index contributed by atoms with van der Waals surface area (Å²) in [4.78, 5) is 44.5. The van der Waals surface area contributed by atoms with Crippen molar-refractivity contribution in [2.75, 3.05) is 16.8 Å². The summed E-state index contributed by atoms with van der Waals surface area (Å²) < 4.78 is 0. The Kier molecular flexibility index (Phi) is 4.29. The number of rotatable bonds is 1. The average molecular weight is 491 g/mol. The molecule has 0 unspecified atom stereocenters. The third kappa shape index (κ3) is 2.34. The van der Waals surface area contributed by atoms with Crippen LogP contribution in [0.3, 0.4) is 0 Å². The molecule has 32 heavy (non-hydrogen) atoms. The van der Waals surface area contributed by atoms with Gasteiger partial charge in [-0.25, -0.2) is 4.90 Å². The Hall–Kier alpha value is -2.12. The normalized spacial score (nSPS) is 30.8. The summed E-state index contributed by atoms with van der Waals surface area (Å²) in [6, 6.07) is 8.19. The van der Waals surface area contributed by atoms with E-state index < -0.39 is 23.3 Å². The van der Waals surface area contributed by atoms with Crippen molar-refractivity contribution in [1.29, 1.82) is 0 Å². The third-order valence-corrected chi connectivity index (χ3v) is 8.40. The maximum absolute atomic E-state index is 13.9. The van der Waals surface area contributed by atoms with Gasteiger partial charge in [0.25, 0.3) is 5.91 Å². The van der Waals surface area contributed by atoms with E-state index in [9.17, 15) is 14.4 Å². The van der Waals surface area contributed by atoms with Crippen molar-refractivity contribution in [1.82, 2.24) is 4.90 Å². The van der Waals surface area contributed by atoms with Crippen molar-refractivity contribution in [2.24, 2.45) is 11.8 Å². The number of carbonyl (C=O) groups is 3. The summed E-state index contributed by atoms with van der Waals surface area (Å²) in [5.74, 6) is -2.44. The van der Waals surface area contributed by atoms with Crippen molar-refractivity contribution in [3.8, 4) is 0 Å². The highest BCUT2D eigenvalue weighted by atomic mass is 35.5. The Bertz CT molecular complexity index is 1250. The lowest BCUT2D eigenvalue weighted by atomic mass is 9.75. The van der Waals surface area contributed by atoms with E-state index >= 15 is 0 Å². The number of hydrogen-bond acceptors (Lipinski definition) is 4. The third-order valence-electron chi connectivity index (χ3n) is 7.36. The summed E-state index contributed by atoms with van der Waals surface area (Å²) in [5.41, 5.74) is 1.21. The standard InChI is InChI=1S/C23H18Cl3N3O3/c1-10-7-12-19(15(26)8-10)27-22(32)23(12)18-17(16-3-2-6-28(16)23)20(30)29(21(18)31)11-4-5-13(24)14(25)9-11/h4-5,7-9,16-18H,2-3,6H2,1H3,(H,27,32)/t16-,17+,18-,23+/m0/s1. The van der Waals surface area contributed by atoms with Crippen molar-refractivity contribution < 1.29 is 14.4 Å². The lowest BCUT2D eigenvalue weighted by molar-refractivity contribution is -0.135. The topological polar surface area (TPSA) is 69.7 Å². The van der Waals surface area contributed by atoms with E-state index in [1.54, 1.807) is 18.2 Å². The van der Waals surface area contributed by atoms with Gasteiger partial charge >= 0.3 is 0 Å². The van der Waals surface area contributed by atoms with Gasteiger partial charge in [0.2, 0.25) is 11.8 Å². The van der Waals surface area contributed by atoms with Gasteiger partial charge in [0.1, 0.15) is 5.54 Å². The largest absolute Gasteiger partial charge is 0.323 e. The molecule has 4 aliphatic rings. The molecule has 6 rings (SSSR count). The van der Waals surface area contributed by atoms with Gasteiger partial charge in [-0.3, -0.25) is 19.3 Å². The fourth-order valence-corrected chi connectivity index (χ4v) is 6.89. The summed E-state index contributed by atoms with van der Waals surface area (Å²) in [7, 11) is 0. The number of benzene rings is 2. The summed E-state index contributed by atoms with van der Waals surface area (Å²) in [6.07, 6.45) is 1.60. The summed E-state index contributed by atoms with van der Waals surface area (Å²) >= 11 is 18.7. The van der Waals surface area contributed by atoms with Crippen molar-refractivity contribution in [3.63, 3.8) is 0 Å². The SMILES string of the molecule is Cc1cc(Cl)c2c(c1)[C@]1(C(=O)N2)[C@@H]2C(=O)N(c3ccc(Cl)c(Cl)c3)C(=O)[C@@H]2[C@@H]2CCCN21. The molecule has 4 atom stereocenters. The number of fused-ring (bicyclic) bond motifs is 7. The van der Waals surface area contributed by atoms with Gasteiger partial charge in [-0.1, -0.05) is 40.9 Å². The van der Waals surface area contributed by atoms with Gasteiger partial charge in [-0.15, -0.1) is 0 Å². The lowest BCUT2D eigenvalue weighted by Crippen LogP contribution is -2.54. The van der Waals surface area contributed by atoms with Crippen molar-refractivity contribution in [3.05, 3.63) is 56.5 Å². The van der Waals surface area contributed by atoms with Crippen LogP contribution in [0.25, 0.3) is 0 Å². The van der Waals surface area contributed by atoms with Crippen LogP contribution in [0.5, 0.6) is 0 Å². The van der Waals surface area contributed by atoms with Crippen LogP contribution in [0.4, 0.5) is 11.4 Å². The van der Waals surface area contributed by atoms with Crippen LogP contribution in [0.2, 0.25) is 15.1 Å². The molecule has 164 valence electrons. The van der Waals surface area contributed by atoms with Crippen molar-refractivity contribution in [2.45, 2.75) is 31.3 Å². The van der Waals surface area contributed by atoms with Crippen LogP contribution in [0.15, 0.2) is 30.3 Å². The summed E-state index contributed by atoms with van der Waals surface area (Å²) in [6.45, 7) is 2.55. The highest BCUT2D eigenvalue weighted by Crippen LogP contribution is 2.61. The number of carbonyl (C=O) groups excluding carboxylic acids is 3. The Labute approximate surface area is 199 Å². The molecule has 0 aliphatic carbocycles. The van der Waals surface area contributed by atoms with Gasteiger partial charge in [0, 0.05) is 11.6 Å². The van der Waals surface area contributed by atoms with Gasteiger partial charge in [0.05, 0.1) is 38.3 Å². The van der Waals surface area contributed by atoms with Crippen LogP contribution in [-0.2, 0) is 19.9 Å². The van der Waals surface area contributed by atoms with E-state index in [4.69, 9.17) is 34.8 Å². The molecule has 1 spiro atoms. The Morgan fingerprint density at radius 1 is 1.00 bits per heavy atom. The minimum absolute atomic E-state index is 0.194. The van der Waals surface area contributed by atoms with Gasteiger partial charge in [-0.2, -0.15) is 0 Å². The molecule has 2 aromatic carbocycles. The molecule has 9 heteroatoms. The molecular weight excluding hydrogens is 473 g/mol. The average Bonchev–Trinajstić information content (AvgIpc) is 3.44. The first-order chi connectivity index (χ1) is 15.3. The minimum atomic E-state index is -1.26. The van der Waals surface area contributed by atoms with E-state index in [-0.39, 0.29) is 22.9 Å². The first kappa shape index (κ1) is 20.5. The molecule has 0 bridgehead atoms. The molecule has 2 aromatic rings. The second kappa shape index (κ2) is 6.70. The monoisotopic (exact) mass is 489 g/mol. The predicted molar refractivity (Wildman–Crippen MR) is 122 cm³/mol. The highest BCUT2D eigenvalue weighted by molar-refractivity contribution is 6.42. The first-order valence-electron chi connectivity index (χ1n) is 10.5. The van der Waals surface area contributed by atoms with Gasteiger partial charge < -0.3 is 5.32 Å². The Balaban J connectivity index is 1.57. The number of anilines is 2. The lowest BCUT2D eigenvalue weighted by Gasteiger charge is -2.36. The molecule has 0 aromatic heterocycles. The highest BCUT2D eigenvalue weighted by Gasteiger charge is 2.74. The minimum Gasteiger partial charge on any atom is -0.323 e. The fourth-order valence-electron chi connectivity index (χ4n) is 6.27. The molecule has 6 nitrogen and oxygen atoms in total. The van der Waals surface area contributed by atoms with Gasteiger partial charge in [-0.05, 0) is 56.1 Å². The zero-order chi connectivity index (χ0) is 22.5. The van der Waals surface area contributed by atoms with E-state index in [1.807, 2.05) is 13.0 Å². The zero-order valence-corrected chi connectivity index (χ0v) is 19.3. The molecule has 0 saturated carbocycles. The Morgan fingerprint density at radius 2 is 1.78 bits per heavy atom. The molecule has 4 heterocycles.